The molecule has 2 bridgehead atoms. The monoisotopic (exact) mass is 429 g/mol. The molecule has 7 heteroatoms. The number of carbonyl (C=O) groups excluding carboxylic acids is 1. The van der Waals surface area contributed by atoms with E-state index in [0.29, 0.717) is 31.1 Å². The molecule has 30 heavy (non-hydrogen) atoms. The number of hydrogen-bond donors (Lipinski definition) is 1. The Labute approximate surface area is 180 Å². The summed E-state index contributed by atoms with van der Waals surface area (Å²) < 4.78 is 18.5. The summed E-state index contributed by atoms with van der Waals surface area (Å²) in [6, 6.07) is 6.83. The number of likely N-dealkylation sites (tertiary alicyclic amines) is 1. The van der Waals surface area contributed by atoms with Crippen LogP contribution in [0.3, 0.4) is 0 Å². The summed E-state index contributed by atoms with van der Waals surface area (Å²) >= 11 is 1.67. The SMILES string of the molecule is O=C(NC1[C@@H]2CC[C@H]1CN(Cc1nc(-c3ccc(F)cc3)cs1)C2)C1CCOCC1. The molecule has 1 unspecified atom stereocenters. The van der Waals surface area contributed by atoms with E-state index in [2.05, 4.69) is 15.6 Å². The van der Waals surface area contributed by atoms with Crippen molar-refractivity contribution >= 4 is 17.2 Å². The summed E-state index contributed by atoms with van der Waals surface area (Å²) in [6.45, 7) is 4.29. The lowest BCUT2D eigenvalue weighted by molar-refractivity contribution is -0.129. The van der Waals surface area contributed by atoms with Crippen LogP contribution >= 0.6 is 11.3 Å². The highest BCUT2D eigenvalue weighted by Crippen LogP contribution is 2.38. The van der Waals surface area contributed by atoms with Gasteiger partial charge in [-0.25, -0.2) is 9.37 Å². The number of halogens is 1. The van der Waals surface area contributed by atoms with Crippen LogP contribution in [0.25, 0.3) is 11.3 Å². The lowest BCUT2D eigenvalue weighted by atomic mass is 9.90. The minimum absolute atomic E-state index is 0.122. The van der Waals surface area contributed by atoms with E-state index in [1.807, 2.05) is 0 Å². The van der Waals surface area contributed by atoms with Crippen LogP contribution in [0.5, 0.6) is 0 Å². The summed E-state index contributed by atoms with van der Waals surface area (Å²) in [4.78, 5) is 20.0. The number of fused-ring (bicyclic) bond motifs is 2. The summed E-state index contributed by atoms with van der Waals surface area (Å²) in [6.07, 6.45) is 4.08. The molecule has 1 saturated carbocycles. The lowest BCUT2D eigenvalue weighted by Gasteiger charge is -2.38. The van der Waals surface area contributed by atoms with Gasteiger partial charge in [-0.05, 0) is 61.8 Å². The van der Waals surface area contributed by atoms with E-state index in [1.165, 1.54) is 25.0 Å². The Morgan fingerprint density at radius 3 is 2.53 bits per heavy atom. The van der Waals surface area contributed by atoms with E-state index in [9.17, 15) is 9.18 Å². The molecule has 3 fully saturated rings. The smallest absolute Gasteiger partial charge is 0.223 e. The molecular weight excluding hydrogens is 401 g/mol. The van der Waals surface area contributed by atoms with E-state index in [1.54, 1.807) is 23.5 Å². The number of nitrogens with zero attached hydrogens (tertiary/aromatic N) is 2. The number of benzene rings is 1. The van der Waals surface area contributed by atoms with Gasteiger partial charge >= 0.3 is 0 Å². The zero-order valence-corrected chi connectivity index (χ0v) is 17.9. The fourth-order valence-corrected chi connectivity index (χ4v) is 6.10. The third-order valence-corrected chi connectivity index (χ3v) is 7.69. The average Bonchev–Trinajstić information content (AvgIpc) is 3.31. The van der Waals surface area contributed by atoms with Gasteiger partial charge in [-0.15, -0.1) is 11.3 Å². The maximum Gasteiger partial charge on any atom is 0.223 e. The molecule has 5 rings (SSSR count). The van der Waals surface area contributed by atoms with Gasteiger partial charge in [-0.3, -0.25) is 9.69 Å². The predicted molar refractivity (Wildman–Crippen MR) is 114 cm³/mol. The second-order valence-electron chi connectivity index (χ2n) is 8.85. The Balaban J connectivity index is 1.18. The van der Waals surface area contributed by atoms with Crippen molar-refractivity contribution in [3.8, 4) is 11.3 Å². The van der Waals surface area contributed by atoms with Crippen molar-refractivity contribution in [2.24, 2.45) is 17.8 Å². The van der Waals surface area contributed by atoms with E-state index >= 15 is 0 Å². The Bertz CT molecular complexity index is 867. The zero-order valence-electron chi connectivity index (χ0n) is 17.1. The molecule has 2 saturated heterocycles. The first-order valence-corrected chi connectivity index (χ1v) is 11.8. The molecule has 0 spiro atoms. The molecule has 1 amide bonds. The second-order valence-corrected chi connectivity index (χ2v) is 9.79. The molecule has 160 valence electrons. The maximum atomic E-state index is 13.2. The van der Waals surface area contributed by atoms with Crippen LogP contribution < -0.4 is 5.32 Å². The van der Waals surface area contributed by atoms with E-state index < -0.39 is 0 Å². The quantitative estimate of drug-likeness (QED) is 0.788. The molecule has 1 aliphatic carbocycles. The van der Waals surface area contributed by atoms with Crippen molar-refractivity contribution in [2.75, 3.05) is 26.3 Å². The molecular formula is C23H28FN3O2S. The van der Waals surface area contributed by atoms with Crippen LogP contribution in [0, 0.1) is 23.6 Å². The maximum absolute atomic E-state index is 13.2. The number of carbonyl (C=O) groups is 1. The number of hydrogen-bond acceptors (Lipinski definition) is 5. The molecule has 0 radical (unpaired) electrons. The zero-order chi connectivity index (χ0) is 20.5. The summed E-state index contributed by atoms with van der Waals surface area (Å²) in [5.41, 5.74) is 1.87. The highest BCUT2D eigenvalue weighted by Gasteiger charge is 2.43. The van der Waals surface area contributed by atoms with Gasteiger partial charge in [0.2, 0.25) is 5.91 Å². The van der Waals surface area contributed by atoms with Gasteiger partial charge in [0.05, 0.1) is 12.2 Å². The van der Waals surface area contributed by atoms with E-state index in [4.69, 9.17) is 9.72 Å². The van der Waals surface area contributed by atoms with Crippen LogP contribution in [-0.4, -0.2) is 48.1 Å². The highest BCUT2D eigenvalue weighted by atomic mass is 32.1. The molecule has 1 aromatic heterocycles. The largest absolute Gasteiger partial charge is 0.381 e. The highest BCUT2D eigenvalue weighted by molar-refractivity contribution is 7.09. The van der Waals surface area contributed by atoms with Gasteiger partial charge in [0, 0.05) is 49.2 Å². The molecule has 1 N–H and O–H groups in total. The van der Waals surface area contributed by atoms with Crippen LogP contribution in [0.1, 0.15) is 30.7 Å². The minimum atomic E-state index is -0.225. The number of piperidine rings is 1. The number of amides is 1. The minimum Gasteiger partial charge on any atom is -0.381 e. The summed E-state index contributed by atoms with van der Waals surface area (Å²) in [5, 5.41) is 6.55. The van der Waals surface area contributed by atoms with Crippen molar-refractivity contribution in [3.05, 3.63) is 40.5 Å². The van der Waals surface area contributed by atoms with Crippen molar-refractivity contribution in [1.29, 1.82) is 0 Å². The fraction of sp³-hybridized carbons (Fsp3) is 0.565. The molecule has 1 aromatic carbocycles. The standard InChI is InChI=1S/C23H28FN3O2S/c24-19-5-3-15(4-6-19)20-14-30-21(25-20)13-27-11-17-1-2-18(12-27)22(17)26-23(28)16-7-9-29-10-8-16/h3-6,14,16-18,22H,1-2,7-13H2,(H,26,28)/t17-,18+,22?. The Morgan fingerprint density at radius 2 is 1.83 bits per heavy atom. The third kappa shape index (κ3) is 4.29. The van der Waals surface area contributed by atoms with Crippen LogP contribution in [0.15, 0.2) is 29.6 Å². The molecule has 2 aromatic rings. The van der Waals surface area contributed by atoms with Gasteiger partial charge in [-0.1, -0.05) is 0 Å². The predicted octanol–water partition coefficient (Wildman–Crippen LogP) is 3.70. The summed E-state index contributed by atoms with van der Waals surface area (Å²) in [7, 11) is 0. The van der Waals surface area contributed by atoms with Crippen LogP contribution in [0.2, 0.25) is 0 Å². The number of rotatable bonds is 5. The normalized spacial score (nSPS) is 27.3. The van der Waals surface area contributed by atoms with Gasteiger partial charge in [0.1, 0.15) is 10.8 Å². The Kier molecular flexibility index (Phi) is 5.85. The van der Waals surface area contributed by atoms with Gasteiger partial charge in [-0.2, -0.15) is 0 Å². The van der Waals surface area contributed by atoms with Crippen molar-refractivity contribution in [3.63, 3.8) is 0 Å². The first kappa shape index (κ1) is 20.1. The van der Waals surface area contributed by atoms with Gasteiger partial charge in [0.25, 0.3) is 0 Å². The van der Waals surface area contributed by atoms with Gasteiger partial charge < -0.3 is 10.1 Å². The number of nitrogens with one attached hydrogen (secondary N) is 1. The van der Waals surface area contributed by atoms with Crippen LogP contribution in [0.4, 0.5) is 4.39 Å². The van der Waals surface area contributed by atoms with Crippen LogP contribution in [-0.2, 0) is 16.1 Å². The average molecular weight is 430 g/mol. The number of ether oxygens (including phenoxy) is 1. The molecule has 3 atom stereocenters. The van der Waals surface area contributed by atoms with Crippen molar-refractivity contribution in [2.45, 2.75) is 38.3 Å². The number of aromatic nitrogens is 1. The van der Waals surface area contributed by atoms with E-state index in [0.717, 1.165) is 48.7 Å². The Hall–Kier alpha value is -1.83. The fourth-order valence-electron chi connectivity index (χ4n) is 5.25. The molecule has 3 heterocycles. The molecule has 3 aliphatic rings. The summed E-state index contributed by atoms with van der Waals surface area (Å²) in [5.74, 6) is 1.19. The lowest BCUT2D eigenvalue weighted by Crippen LogP contribution is -2.53. The van der Waals surface area contributed by atoms with Crippen molar-refractivity contribution < 1.29 is 13.9 Å². The topological polar surface area (TPSA) is 54.5 Å². The third-order valence-electron chi connectivity index (χ3n) is 6.86. The van der Waals surface area contributed by atoms with Crippen molar-refractivity contribution in [1.82, 2.24) is 15.2 Å². The Morgan fingerprint density at radius 1 is 1.13 bits per heavy atom. The molecule has 5 nitrogen and oxygen atoms in total. The van der Waals surface area contributed by atoms with Gasteiger partial charge in [0.15, 0.2) is 0 Å². The second kappa shape index (κ2) is 8.73. The first-order valence-electron chi connectivity index (χ1n) is 11.0. The number of thiazole rings is 1. The molecule has 2 aliphatic heterocycles. The van der Waals surface area contributed by atoms with E-state index in [-0.39, 0.29) is 17.6 Å². The first-order chi connectivity index (χ1) is 14.7.